The molecule has 6 heterocycles. The van der Waals surface area contributed by atoms with E-state index >= 15 is 4.79 Å². The minimum Gasteiger partial charge on any atom is -0.497 e. The minimum atomic E-state index is -0.276. The number of rotatable bonds is 11. The molecule has 328 valence electrons. The van der Waals surface area contributed by atoms with Crippen molar-refractivity contribution in [2.75, 3.05) is 56.9 Å². The van der Waals surface area contributed by atoms with Gasteiger partial charge in [-0.05, 0) is 95.6 Å². The summed E-state index contributed by atoms with van der Waals surface area (Å²) >= 11 is 0. The largest absolute Gasteiger partial charge is 0.497 e. The molecule has 0 fully saturated rings. The van der Waals surface area contributed by atoms with E-state index < -0.39 is 0 Å². The number of fused-ring (bicyclic) bond motifs is 8. The topological polar surface area (TPSA) is 137 Å². The minimum absolute atomic E-state index is 0.276. The van der Waals surface area contributed by atoms with Gasteiger partial charge in [0.25, 0.3) is 5.56 Å². The van der Waals surface area contributed by atoms with E-state index in [1.807, 2.05) is 103 Å². The van der Waals surface area contributed by atoms with Gasteiger partial charge in [0.15, 0.2) is 0 Å². The summed E-state index contributed by atoms with van der Waals surface area (Å²) in [5.74, 6) is 4.63. The van der Waals surface area contributed by atoms with Gasteiger partial charge in [0.1, 0.15) is 46.0 Å². The van der Waals surface area contributed by atoms with Crippen LogP contribution in [0.1, 0.15) is 11.4 Å². The number of hydrogen-bond acceptors (Lipinski definition) is 11. The predicted octanol–water partition coefficient (Wildman–Crippen LogP) is 10.7. The molecular formula is C53H42N4O9. The molecule has 13 nitrogen and oxygen atoms in total. The number of pyridine rings is 1. The average Bonchev–Trinajstić information content (AvgIpc) is 4.21. The normalized spacial score (nSPS) is 11.9. The van der Waals surface area contributed by atoms with Crippen molar-refractivity contribution in [2.45, 2.75) is 0 Å². The molecule has 0 radical (unpaired) electrons. The Hall–Kier alpha value is -8.45. The number of H-pyrrole nitrogens is 1. The van der Waals surface area contributed by atoms with E-state index in [2.05, 4.69) is 4.98 Å². The molecule has 10 aromatic rings. The van der Waals surface area contributed by atoms with Crippen molar-refractivity contribution in [3.8, 4) is 79.4 Å². The SMILES string of the molecule is COc1cc(OC)cc(-c2c3nc(c(-c4cc(OC)cc(OC)c4)c4ccc5c(-c6cc(OC)cc(OC)c6)c6nc7c8cc(OC)cc(OC)c8c(c8ccc2[nH]8)c7c6c(=O)n45)C=C3)c1. The van der Waals surface area contributed by atoms with Crippen molar-refractivity contribution in [3.05, 3.63) is 113 Å². The van der Waals surface area contributed by atoms with Crippen LogP contribution in [0.2, 0.25) is 0 Å². The highest BCUT2D eigenvalue weighted by Gasteiger charge is 2.29. The monoisotopic (exact) mass is 878 g/mol. The quantitative estimate of drug-likeness (QED) is 0.133. The van der Waals surface area contributed by atoms with Gasteiger partial charge in [-0.15, -0.1) is 0 Å². The maximum absolute atomic E-state index is 16.0. The van der Waals surface area contributed by atoms with E-state index in [-0.39, 0.29) is 5.56 Å². The van der Waals surface area contributed by atoms with Gasteiger partial charge in [-0.25, -0.2) is 9.97 Å². The van der Waals surface area contributed by atoms with Gasteiger partial charge in [0, 0.05) is 73.5 Å². The molecule has 0 amide bonds. The lowest BCUT2D eigenvalue weighted by Crippen LogP contribution is -2.13. The van der Waals surface area contributed by atoms with Crippen LogP contribution in [0.5, 0.6) is 46.0 Å². The first-order chi connectivity index (χ1) is 32.2. The van der Waals surface area contributed by atoms with Crippen LogP contribution in [-0.4, -0.2) is 76.2 Å². The fourth-order valence-electron chi connectivity index (χ4n) is 9.61. The number of nitrogens with one attached hydrogen (secondary N) is 1. The Morgan fingerprint density at radius 1 is 0.424 bits per heavy atom. The van der Waals surface area contributed by atoms with Gasteiger partial charge in [-0.3, -0.25) is 9.20 Å². The van der Waals surface area contributed by atoms with Crippen LogP contribution in [-0.2, 0) is 0 Å². The third-order valence-electron chi connectivity index (χ3n) is 12.6. The standard InChI is InChI=1S/C53H42N4O9/c1-59-29-15-26(16-30(21-29)60-2)44-37-9-11-39(54-37)45(27-17-31(61-3)22-32(18-27)62-4)41-13-14-42-46(28-19-33(63-5)23-34(20-28)64-6)52-50(53(58)57(41)42)49-48(40-12-10-38(44)55-40)47-36(51(49)56-52)24-35(65-7)25-43(47)66-8/h9-25,55H,1-8H3. The maximum atomic E-state index is 16.0. The summed E-state index contributed by atoms with van der Waals surface area (Å²) in [6.45, 7) is 0. The number of hydrogen-bond donors (Lipinski definition) is 1. The third kappa shape index (κ3) is 5.96. The number of aromatic nitrogens is 4. The summed E-state index contributed by atoms with van der Waals surface area (Å²) in [4.78, 5) is 30.7. The Labute approximate surface area is 377 Å². The molecule has 0 aliphatic carbocycles. The Bertz CT molecular complexity index is 3730. The van der Waals surface area contributed by atoms with E-state index in [4.69, 9.17) is 47.9 Å². The van der Waals surface area contributed by atoms with Crippen molar-refractivity contribution >= 4 is 72.2 Å². The number of aromatic amines is 1. The zero-order valence-corrected chi connectivity index (χ0v) is 37.3. The van der Waals surface area contributed by atoms with Crippen molar-refractivity contribution in [3.63, 3.8) is 0 Å². The molecule has 0 atom stereocenters. The van der Waals surface area contributed by atoms with Crippen LogP contribution in [0.25, 0.3) is 106 Å². The second-order valence-electron chi connectivity index (χ2n) is 15.9. The first-order valence-corrected chi connectivity index (χ1v) is 21.0. The lowest BCUT2D eigenvalue weighted by atomic mass is 10.0. The molecule has 0 saturated heterocycles. The zero-order valence-electron chi connectivity index (χ0n) is 37.3. The van der Waals surface area contributed by atoms with Crippen LogP contribution < -0.4 is 43.5 Å². The van der Waals surface area contributed by atoms with Crippen LogP contribution in [0, 0.1) is 0 Å². The molecule has 11 rings (SSSR count). The molecule has 0 saturated carbocycles. The number of ether oxygens (including phenoxy) is 8. The fourth-order valence-corrected chi connectivity index (χ4v) is 9.61. The highest BCUT2D eigenvalue weighted by atomic mass is 16.5. The predicted molar refractivity (Wildman–Crippen MR) is 259 cm³/mol. The molecule has 66 heavy (non-hydrogen) atoms. The molecule has 0 unspecified atom stereocenters. The van der Waals surface area contributed by atoms with Gasteiger partial charge in [-0.2, -0.15) is 0 Å². The molecule has 6 bridgehead atoms. The zero-order chi connectivity index (χ0) is 45.5. The second-order valence-corrected chi connectivity index (χ2v) is 15.9. The molecule has 13 heteroatoms. The van der Waals surface area contributed by atoms with E-state index in [9.17, 15) is 0 Å². The Balaban J connectivity index is 1.46. The van der Waals surface area contributed by atoms with Crippen LogP contribution in [0.3, 0.4) is 0 Å². The van der Waals surface area contributed by atoms with Crippen LogP contribution in [0.4, 0.5) is 0 Å². The van der Waals surface area contributed by atoms with E-state index in [0.717, 1.165) is 43.9 Å². The Kier molecular flexibility index (Phi) is 9.39. The smallest absolute Gasteiger partial charge is 0.265 e. The molecule has 1 aliphatic heterocycles. The second kappa shape index (κ2) is 15.4. The molecule has 5 aromatic carbocycles. The average molecular weight is 879 g/mol. The number of nitrogens with zero attached hydrogens (tertiary/aromatic N) is 3. The maximum Gasteiger partial charge on any atom is 0.265 e. The van der Waals surface area contributed by atoms with Crippen LogP contribution in [0.15, 0.2) is 95.8 Å². The van der Waals surface area contributed by atoms with E-state index in [0.29, 0.717) is 107 Å². The number of methoxy groups -OCH3 is 8. The van der Waals surface area contributed by atoms with E-state index in [1.54, 1.807) is 61.3 Å². The van der Waals surface area contributed by atoms with E-state index in [1.165, 1.54) is 0 Å². The molecule has 5 aromatic heterocycles. The molecule has 1 aliphatic rings. The summed E-state index contributed by atoms with van der Waals surface area (Å²) in [6, 6.07) is 28.8. The van der Waals surface area contributed by atoms with Gasteiger partial charge in [-0.1, -0.05) is 0 Å². The fraction of sp³-hybridized carbons (Fsp3) is 0.151. The Morgan fingerprint density at radius 2 is 0.894 bits per heavy atom. The summed E-state index contributed by atoms with van der Waals surface area (Å²) in [7, 11) is 12.9. The first kappa shape index (κ1) is 40.3. The third-order valence-corrected chi connectivity index (χ3v) is 12.6. The lowest BCUT2D eigenvalue weighted by molar-refractivity contribution is 0.394. The first-order valence-electron chi connectivity index (χ1n) is 21.0. The van der Waals surface area contributed by atoms with Gasteiger partial charge in [0.05, 0.1) is 95.7 Å². The summed E-state index contributed by atoms with van der Waals surface area (Å²) in [5.41, 5.74) is 9.18. The molecule has 1 N–H and O–H groups in total. The van der Waals surface area contributed by atoms with Crippen molar-refractivity contribution in [2.24, 2.45) is 0 Å². The highest BCUT2D eigenvalue weighted by Crippen LogP contribution is 2.49. The lowest BCUT2D eigenvalue weighted by Gasteiger charge is -2.13. The van der Waals surface area contributed by atoms with Crippen LogP contribution >= 0.6 is 0 Å². The Morgan fingerprint density at radius 3 is 1.42 bits per heavy atom. The number of benzene rings is 4. The van der Waals surface area contributed by atoms with Crippen molar-refractivity contribution < 1.29 is 37.9 Å². The van der Waals surface area contributed by atoms with Gasteiger partial charge in [0.2, 0.25) is 0 Å². The van der Waals surface area contributed by atoms with Gasteiger partial charge < -0.3 is 42.9 Å². The van der Waals surface area contributed by atoms with Crippen molar-refractivity contribution in [1.82, 2.24) is 19.4 Å². The van der Waals surface area contributed by atoms with Crippen molar-refractivity contribution in [1.29, 1.82) is 0 Å². The summed E-state index contributed by atoms with van der Waals surface area (Å²) in [5, 5.41) is 3.33. The van der Waals surface area contributed by atoms with Gasteiger partial charge >= 0.3 is 0 Å². The molecule has 0 spiro atoms. The highest BCUT2D eigenvalue weighted by molar-refractivity contribution is 6.37. The summed E-state index contributed by atoms with van der Waals surface area (Å²) < 4.78 is 48.6. The summed E-state index contributed by atoms with van der Waals surface area (Å²) in [6.07, 6.45) is 3.95. The molecular weight excluding hydrogens is 837 g/mol.